The first-order chi connectivity index (χ1) is 8.75. The first-order valence-electron chi connectivity index (χ1n) is 6.97. The molecule has 0 N–H and O–H groups in total. The molecular formula is C13H24N2O3. The molecule has 0 radical (unpaired) electrons. The van der Waals surface area contributed by atoms with Crippen LogP contribution in [-0.2, 0) is 9.47 Å². The third-order valence-electron chi connectivity index (χ3n) is 3.78. The first-order valence-corrected chi connectivity index (χ1v) is 6.97. The Morgan fingerprint density at radius 2 is 1.89 bits per heavy atom. The highest BCUT2D eigenvalue weighted by Crippen LogP contribution is 2.16. The van der Waals surface area contributed by atoms with Crippen LogP contribution >= 0.6 is 0 Å². The number of hydrogen-bond acceptors (Lipinski definition) is 4. The molecule has 0 spiro atoms. The van der Waals surface area contributed by atoms with Crippen LogP contribution in [0, 0.1) is 5.92 Å². The fourth-order valence-corrected chi connectivity index (χ4v) is 2.37. The number of piperidine rings is 1. The largest absolute Gasteiger partial charge is 0.448 e. The van der Waals surface area contributed by atoms with Gasteiger partial charge in [0.25, 0.3) is 0 Å². The number of carbonyl (C=O) groups excluding carboxylic acids is 1. The Kier molecular flexibility index (Phi) is 5.26. The molecule has 1 amide bonds. The summed E-state index contributed by atoms with van der Waals surface area (Å²) in [5, 5.41) is 0. The van der Waals surface area contributed by atoms with Crippen LogP contribution in [-0.4, -0.2) is 68.4 Å². The molecule has 0 unspecified atom stereocenters. The third-order valence-corrected chi connectivity index (χ3v) is 3.78. The van der Waals surface area contributed by atoms with Crippen molar-refractivity contribution in [3.05, 3.63) is 0 Å². The van der Waals surface area contributed by atoms with E-state index in [0.29, 0.717) is 6.61 Å². The van der Waals surface area contributed by atoms with Gasteiger partial charge in [-0.15, -0.1) is 0 Å². The Balaban J connectivity index is 1.59. The van der Waals surface area contributed by atoms with Gasteiger partial charge in [0, 0.05) is 32.7 Å². The van der Waals surface area contributed by atoms with E-state index >= 15 is 0 Å². The van der Waals surface area contributed by atoms with Crippen LogP contribution in [0.4, 0.5) is 4.79 Å². The van der Waals surface area contributed by atoms with Crippen molar-refractivity contribution in [2.75, 3.05) is 52.5 Å². The van der Waals surface area contributed by atoms with Gasteiger partial charge in [0.05, 0.1) is 13.2 Å². The predicted molar refractivity (Wildman–Crippen MR) is 68.6 cm³/mol. The number of rotatable bonds is 3. The lowest BCUT2D eigenvalue weighted by molar-refractivity contribution is 0.0236. The number of morpholine rings is 1. The molecule has 0 aromatic heterocycles. The summed E-state index contributed by atoms with van der Waals surface area (Å²) >= 11 is 0. The number of ether oxygens (including phenoxy) is 2. The SMILES string of the molecule is CC1CCN(C(=O)OCCN2CCOCC2)CC1. The van der Waals surface area contributed by atoms with Crippen LogP contribution in [0.15, 0.2) is 0 Å². The summed E-state index contributed by atoms with van der Waals surface area (Å²) in [6.45, 7) is 8.70. The maximum Gasteiger partial charge on any atom is 0.409 e. The Bertz CT molecular complexity index is 259. The second-order valence-corrected chi connectivity index (χ2v) is 5.24. The number of hydrogen-bond donors (Lipinski definition) is 0. The van der Waals surface area contributed by atoms with Gasteiger partial charge in [0.15, 0.2) is 0 Å². The maximum absolute atomic E-state index is 11.8. The van der Waals surface area contributed by atoms with E-state index in [4.69, 9.17) is 9.47 Å². The average molecular weight is 256 g/mol. The van der Waals surface area contributed by atoms with Crippen molar-refractivity contribution in [1.29, 1.82) is 0 Å². The van der Waals surface area contributed by atoms with Crippen LogP contribution in [0.2, 0.25) is 0 Å². The van der Waals surface area contributed by atoms with Crippen molar-refractivity contribution in [3.8, 4) is 0 Å². The molecule has 2 aliphatic rings. The minimum Gasteiger partial charge on any atom is -0.448 e. The topological polar surface area (TPSA) is 42.0 Å². The Labute approximate surface area is 109 Å². The third kappa shape index (κ3) is 4.14. The van der Waals surface area contributed by atoms with E-state index in [1.54, 1.807) is 0 Å². The average Bonchev–Trinajstić information content (AvgIpc) is 2.40. The summed E-state index contributed by atoms with van der Waals surface area (Å²) in [5.74, 6) is 0.738. The molecule has 5 heteroatoms. The van der Waals surface area contributed by atoms with Gasteiger partial charge < -0.3 is 14.4 Å². The van der Waals surface area contributed by atoms with Crippen molar-refractivity contribution in [2.45, 2.75) is 19.8 Å². The zero-order chi connectivity index (χ0) is 12.8. The van der Waals surface area contributed by atoms with E-state index in [2.05, 4.69) is 11.8 Å². The van der Waals surface area contributed by atoms with Crippen molar-refractivity contribution in [2.24, 2.45) is 5.92 Å². The number of carbonyl (C=O) groups is 1. The molecule has 0 aromatic carbocycles. The van der Waals surface area contributed by atoms with E-state index in [1.807, 2.05) is 4.90 Å². The van der Waals surface area contributed by atoms with Crippen LogP contribution in [0.3, 0.4) is 0 Å². The first kappa shape index (κ1) is 13.6. The van der Waals surface area contributed by atoms with Gasteiger partial charge in [-0.2, -0.15) is 0 Å². The monoisotopic (exact) mass is 256 g/mol. The normalized spacial score (nSPS) is 23.1. The molecule has 2 fully saturated rings. The number of likely N-dealkylation sites (tertiary alicyclic amines) is 1. The summed E-state index contributed by atoms with van der Waals surface area (Å²) in [5.41, 5.74) is 0. The van der Waals surface area contributed by atoms with Crippen LogP contribution in [0.1, 0.15) is 19.8 Å². The lowest BCUT2D eigenvalue weighted by Crippen LogP contribution is -2.41. The summed E-state index contributed by atoms with van der Waals surface area (Å²) in [4.78, 5) is 15.9. The molecule has 2 heterocycles. The minimum absolute atomic E-state index is 0.143. The Hall–Kier alpha value is -0.810. The Morgan fingerprint density at radius 3 is 2.56 bits per heavy atom. The van der Waals surface area contributed by atoms with Crippen LogP contribution in [0.5, 0.6) is 0 Å². The fourth-order valence-electron chi connectivity index (χ4n) is 2.37. The smallest absolute Gasteiger partial charge is 0.409 e. The van der Waals surface area contributed by atoms with Gasteiger partial charge in [0.2, 0.25) is 0 Å². The predicted octanol–water partition coefficient (Wildman–Crippen LogP) is 1.19. The number of nitrogens with zero attached hydrogens (tertiary/aromatic N) is 2. The van der Waals surface area contributed by atoms with Crippen molar-refractivity contribution >= 4 is 6.09 Å². The minimum atomic E-state index is -0.143. The molecule has 2 saturated heterocycles. The van der Waals surface area contributed by atoms with Gasteiger partial charge in [-0.05, 0) is 18.8 Å². The van der Waals surface area contributed by atoms with Gasteiger partial charge in [0.1, 0.15) is 6.61 Å². The highest BCUT2D eigenvalue weighted by atomic mass is 16.6. The molecule has 0 aliphatic carbocycles. The van der Waals surface area contributed by atoms with Crippen LogP contribution < -0.4 is 0 Å². The summed E-state index contributed by atoms with van der Waals surface area (Å²) in [6, 6.07) is 0. The van der Waals surface area contributed by atoms with Crippen LogP contribution in [0.25, 0.3) is 0 Å². The van der Waals surface area contributed by atoms with Gasteiger partial charge >= 0.3 is 6.09 Å². The Morgan fingerprint density at radius 1 is 1.22 bits per heavy atom. The summed E-state index contributed by atoms with van der Waals surface area (Å²) in [7, 11) is 0. The molecule has 2 aliphatic heterocycles. The molecule has 0 saturated carbocycles. The van der Waals surface area contributed by atoms with Crippen molar-refractivity contribution < 1.29 is 14.3 Å². The van der Waals surface area contributed by atoms with Crippen molar-refractivity contribution in [3.63, 3.8) is 0 Å². The molecule has 2 rings (SSSR count). The lowest BCUT2D eigenvalue weighted by Gasteiger charge is -2.30. The molecule has 104 valence electrons. The molecular weight excluding hydrogens is 232 g/mol. The van der Waals surface area contributed by atoms with E-state index < -0.39 is 0 Å². The van der Waals surface area contributed by atoms with Gasteiger partial charge in [-0.1, -0.05) is 6.92 Å². The summed E-state index contributed by atoms with van der Waals surface area (Å²) < 4.78 is 10.6. The molecule has 0 atom stereocenters. The van der Waals surface area contributed by atoms with E-state index in [0.717, 1.165) is 64.7 Å². The standard InChI is InChI=1S/C13H24N2O3/c1-12-2-4-15(5-3-12)13(16)18-11-8-14-6-9-17-10-7-14/h12H,2-11H2,1H3. The van der Waals surface area contributed by atoms with E-state index in [9.17, 15) is 4.79 Å². The van der Waals surface area contributed by atoms with E-state index in [1.165, 1.54) is 0 Å². The maximum atomic E-state index is 11.8. The second-order valence-electron chi connectivity index (χ2n) is 5.24. The quantitative estimate of drug-likeness (QED) is 0.760. The van der Waals surface area contributed by atoms with Crippen molar-refractivity contribution in [1.82, 2.24) is 9.80 Å². The molecule has 0 bridgehead atoms. The highest BCUT2D eigenvalue weighted by molar-refractivity contribution is 5.67. The molecule has 5 nitrogen and oxygen atoms in total. The lowest BCUT2D eigenvalue weighted by atomic mass is 10.00. The second kappa shape index (κ2) is 6.95. The van der Waals surface area contributed by atoms with Gasteiger partial charge in [-0.25, -0.2) is 4.79 Å². The van der Waals surface area contributed by atoms with Gasteiger partial charge in [-0.3, -0.25) is 4.90 Å². The number of amides is 1. The fraction of sp³-hybridized carbons (Fsp3) is 0.923. The highest BCUT2D eigenvalue weighted by Gasteiger charge is 2.21. The zero-order valence-corrected chi connectivity index (χ0v) is 11.3. The summed E-state index contributed by atoms with van der Waals surface area (Å²) in [6.07, 6.45) is 2.05. The molecule has 0 aromatic rings. The zero-order valence-electron chi connectivity index (χ0n) is 11.3. The van der Waals surface area contributed by atoms with E-state index in [-0.39, 0.29) is 6.09 Å². The molecule has 18 heavy (non-hydrogen) atoms.